The normalized spacial score (nSPS) is 26.9. The molecule has 6 heteroatoms. The number of aromatic nitrogens is 2. The van der Waals surface area contributed by atoms with Crippen molar-refractivity contribution in [1.29, 1.82) is 0 Å². The molecule has 3 N–H and O–H groups in total. The van der Waals surface area contributed by atoms with Crippen molar-refractivity contribution in [2.24, 2.45) is 5.73 Å². The highest BCUT2D eigenvalue weighted by Gasteiger charge is 2.25. The van der Waals surface area contributed by atoms with Crippen LogP contribution < -0.4 is 11.1 Å². The van der Waals surface area contributed by atoms with Gasteiger partial charge in [-0.2, -0.15) is 0 Å². The summed E-state index contributed by atoms with van der Waals surface area (Å²) in [7, 11) is 1.74. The molecular weight excluding hydrogens is 208 g/mol. The Bertz CT molecular complexity index is 339. The monoisotopic (exact) mass is 226 g/mol. The predicted molar refractivity (Wildman–Crippen MR) is 59.0 cm³/mol. The molecule has 2 rings (SSSR count). The molecule has 1 aliphatic rings. The van der Waals surface area contributed by atoms with Gasteiger partial charge in [0.25, 0.3) is 0 Å². The van der Waals surface area contributed by atoms with Crippen molar-refractivity contribution < 1.29 is 9.15 Å². The highest BCUT2D eigenvalue weighted by molar-refractivity contribution is 5.20. The summed E-state index contributed by atoms with van der Waals surface area (Å²) < 4.78 is 10.7. The van der Waals surface area contributed by atoms with E-state index in [4.69, 9.17) is 14.9 Å². The van der Waals surface area contributed by atoms with E-state index in [1.807, 2.05) is 6.92 Å². The molecule has 16 heavy (non-hydrogen) atoms. The topological polar surface area (TPSA) is 86.2 Å². The first-order valence-electron chi connectivity index (χ1n) is 5.57. The standard InChI is InChI=1S/C10H18N4O2/c1-6(11)9-13-14-10(16-9)12-7-3-4-8(5-7)15-2/h6-8H,3-5,11H2,1-2H3,(H,12,14). The van der Waals surface area contributed by atoms with Gasteiger partial charge in [-0.1, -0.05) is 5.10 Å². The van der Waals surface area contributed by atoms with Crippen LogP contribution in [0.3, 0.4) is 0 Å². The van der Waals surface area contributed by atoms with Gasteiger partial charge in [-0.05, 0) is 26.2 Å². The lowest BCUT2D eigenvalue weighted by Gasteiger charge is -2.10. The number of hydrogen-bond donors (Lipinski definition) is 2. The highest BCUT2D eigenvalue weighted by Crippen LogP contribution is 2.24. The first-order chi connectivity index (χ1) is 7.69. The first-order valence-corrected chi connectivity index (χ1v) is 5.57. The van der Waals surface area contributed by atoms with Crippen molar-refractivity contribution in [3.05, 3.63) is 5.89 Å². The van der Waals surface area contributed by atoms with Crippen LogP contribution in [0, 0.1) is 0 Å². The summed E-state index contributed by atoms with van der Waals surface area (Å²) in [6, 6.07) is 0.582. The number of nitrogens with one attached hydrogen (secondary N) is 1. The van der Waals surface area contributed by atoms with Crippen molar-refractivity contribution in [1.82, 2.24) is 10.2 Å². The summed E-state index contributed by atoms with van der Waals surface area (Å²) in [6.45, 7) is 1.81. The SMILES string of the molecule is COC1CCC(Nc2nnc(C(C)N)o2)C1. The van der Waals surface area contributed by atoms with Crippen LogP contribution in [0.1, 0.15) is 38.1 Å². The Balaban J connectivity index is 1.89. The molecule has 1 aliphatic carbocycles. The van der Waals surface area contributed by atoms with Crippen LogP contribution in [0.2, 0.25) is 0 Å². The lowest BCUT2D eigenvalue weighted by molar-refractivity contribution is 0.108. The number of anilines is 1. The van der Waals surface area contributed by atoms with Crippen LogP contribution in [0.4, 0.5) is 6.01 Å². The van der Waals surface area contributed by atoms with E-state index in [0.717, 1.165) is 19.3 Å². The van der Waals surface area contributed by atoms with Gasteiger partial charge in [-0.15, -0.1) is 5.10 Å². The molecule has 0 amide bonds. The maximum atomic E-state index is 5.63. The van der Waals surface area contributed by atoms with E-state index in [9.17, 15) is 0 Å². The Morgan fingerprint density at radius 3 is 2.88 bits per heavy atom. The number of methoxy groups -OCH3 is 1. The minimum Gasteiger partial charge on any atom is -0.406 e. The van der Waals surface area contributed by atoms with E-state index < -0.39 is 0 Å². The highest BCUT2D eigenvalue weighted by atomic mass is 16.5. The van der Waals surface area contributed by atoms with Gasteiger partial charge >= 0.3 is 6.01 Å². The van der Waals surface area contributed by atoms with E-state index >= 15 is 0 Å². The Kier molecular flexibility index (Phi) is 3.40. The van der Waals surface area contributed by atoms with E-state index in [2.05, 4.69) is 15.5 Å². The number of ether oxygens (including phenoxy) is 1. The van der Waals surface area contributed by atoms with Crippen LogP contribution >= 0.6 is 0 Å². The van der Waals surface area contributed by atoms with Crippen LogP contribution in [0.15, 0.2) is 4.42 Å². The third-order valence-corrected chi connectivity index (χ3v) is 2.88. The molecule has 3 atom stereocenters. The fourth-order valence-corrected chi connectivity index (χ4v) is 1.94. The van der Waals surface area contributed by atoms with Crippen LogP contribution in [-0.4, -0.2) is 29.5 Å². The van der Waals surface area contributed by atoms with E-state index in [1.54, 1.807) is 7.11 Å². The summed E-state index contributed by atoms with van der Waals surface area (Å²) in [5, 5.41) is 11.0. The summed E-state index contributed by atoms with van der Waals surface area (Å²) in [6.07, 6.45) is 3.46. The average Bonchev–Trinajstić information content (AvgIpc) is 2.87. The van der Waals surface area contributed by atoms with Crippen molar-refractivity contribution in [2.45, 2.75) is 44.4 Å². The minimum absolute atomic E-state index is 0.224. The van der Waals surface area contributed by atoms with E-state index in [1.165, 1.54) is 0 Å². The Morgan fingerprint density at radius 2 is 2.31 bits per heavy atom. The molecule has 0 aliphatic heterocycles. The van der Waals surface area contributed by atoms with Gasteiger partial charge in [0.1, 0.15) is 0 Å². The predicted octanol–water partition coefficient (Wildman–Crippen LogP) is 1.07. The second kappa shape index (κ2) is 4.80. The molecule has 90 valence electrons. The van der Waals surface area contributed by atoms with Crippen LogP contribution in [0.5, 0.6) is 0 Å². The third-order valence-electron chi connectivity index (χ3n) is 2.88. The molecule has 0 aromatic carbocycles. The van der Waals surface area contributed by atoms with Gasteiger partial charge in [-0.25, -0.2) is 0 Å². The Morgan fingerprint density at radius 1 is 1.50 bits per heavy atom. The van der Waals surface area contributed by atoms with Gasteiger partial charge in [0, 0.05) is 13.2 Å². The number of nitrogens with zero attached hydrogens (tertiary/aromatic N) is 2. The second-order valence-electron chi connectivity index (χ2n) is 4.25. The summed E-state index contributed by atoms with van der Waals surface area (Å²) in [5.41, 5.74) is 5.63. The lowest BCUT2D eigenvalue weighted by atomic mass is 10.2. The average molecular weight is 226 g/mol. The maximum Gasteiger partial charge on any atom is 0.315 e. The van der Waals surface area contributed by atoms with Crippen LogP contribution in [0.25, 0.3) is 0 Å². The van der Waals surface area contributed by atoms with Gasteiger partial charge in [0.2, 0.25) is 5.89 Å². The molecule has 1 fully saturated rings. The number of rotatable bonds is 4. The second-order valence-corrected chi connectivity index (χ2v) is 4.25. The first kappa shape index (κ1) is 11.3. The zero-order valence-corrected chi connectivity index (χ0v) is 9.64. The zero-order valence-electron chi connectivity index (χ0n) is 9.64. The van der Waals surface area contributed by atoms with Gasteiger partial charge in [0.05, 0.1) is 12.1 Å². The summed E-state index contributed by atoms with van der Waals surface area (Å²) in [4.78, 5) is 0. The van der Waals surface area contributed by atoms with Gasteiger partial charge in [-0.3, -0.25) is 0 Å². The fraction of sp³-hybridized carbons (Fsp3) is 0.800. The largest absolute Gasteiger partial charge is 0.406 e. The molecule has 3 unspecified atom stereocenters. The van der Waals surface area contributed by atoms with Crippen LogP contribution in [-0.2, 0) is 4.74 Å². The molecular formula is C10H18N4O2. The van der Waals surface area contributed by atoms with E-state index in [-0.39, 0.29) is 6.04 Å². The van der Waals surface area contributed by atoms with Gasteiger partial charge < -0.3 is 20.2 Å². The molecule has 1 aromatic rings. The van der Waals surface area contributed by atoms with Crippen molar-refractivity contribution in [3.63, 3.8) is 0 Å². The van der Waals surface area contributed by atoms with E-state index in [0.29, 0.717) is 24.1 Å². The third kappa shape index (κ3) is 2.51. The Hall–Kier alpha value is -1.14. The van der Waals surface area contributed by atoms with Gasteiger partial charge in [0.15, 0.2) is 0 Å². The molecule has 1 heterocycles. The quantitative estimate of drug-likeness (QED) is 0.798. The number of nitrogens with two attached hydrogens (primary N) is 1. The summed E-state index contributed by atoms with van der Waals surface area (Å²) in [5.74, 6) is 0.462. The Labute approximate surface area is 94.6 Å². The molecule has 6 nitrogen and oxygen atoms in total. The zero-order chi connectivity index (χ0) is 11.5. The van der Waals surface area contributed by atoms with Crippen molar-refractivity contribution in [3.8, 4) is 0 Å². The van der Waals surface area contributed by atoms with Crippen molar-refractivity contribution in [2.75, 3.05) is 12.4 Å². The minimum atomic E-state index is -0.224. The fourth-order valence-electron chi connectivity index (χ4n) is 1.94. The molecule has 1 saturated carbocycles. The summed E-state index contributed by atoms with van der Waals surface area (Å²) >= 11 is 0. The van der Waals surface area contributed by atoms with Crippen molar-refractivity contribution >= 4 is 6.01 Å². The molecule has 0 spiro atoms. The smallest absolute Gasteiger partial charge is 0.315 e. The molecule has 0 radical (unpaired) electrons. The lowest BCUT2D eigenvalue weighted by Crippen LogP contribution is -2.17. The molecule has 0 bridgehead atoms. The maximum absolute atomic E-state index is 5.63. The molecule has 1 aromatic heterocycles. The molecule has 0 saturated heterocycles. The number of hydrogen-bond acceptors (Lipinski definition) is 6.